The second-order valence-electron chi connectivity index (χ2n) is 6.15. The first-order chi connectivity index (χ1) is 13.1. The monoisotopic (exact) mass is 391 g/mol. The van der Waals surface area contributed by atoms with Gasteiger partial charge in [-0.1, -0.05) is 0 Å². The summed E-state index contributed by atoms with van der Waals surface area (Å²) in [6.07, 6.45) is -3.70. The molecule has 6 nitrogen and oxygen atoms in total. The van der Waals surface area contributed by atoms with Crippen molar-refractivity contribution < 1.29 is 27.8 Å². The molecule has 0 unspecified atom stereocenters. The van der Waals surface area contributed by atoms with Gasteiger partial charge in [0.05, 0.1) is 11.2 Å². The molecule has 0 spiro atoms. The summed E-state index contributed by atoms with van der Waals surface area (Å²) in [5.41, 5.74) is 1.79. The Morgan fingerprint density at radius 2 is 1.82 bits per heavy atom. The number of halogens is 3. The molecule has 0 aliphatic rings. The molecule has 0 bridgehead atoms. The van der Waals surface area contributed by atoms with Crippen LogP contribution in [0.2, 0.25) is 0 Å². The normalized spacial score (nSPS) is 11.3. The number of anilines is 3. The van der Waals surface area contributed by atoms with Gasteiger partial charge < -0.3 is 20.1 Å². The molecular weight excluding hydrogens is 375 g/mol. The number of benzene rings is 2. The lowest BCUT2D eigenvalue weighted by molar-refractivity contribution is -0.274. The molecule has 3 aromatic rings. The molecular formula is C19H16F3N3O3. The third kappa shape index (κ3) is 4.25. The van der Waals surface area contributed by atoms with Crippen LogP contribution in [0, 0.1) is 0 Å². The zero-order valence-corrected chi connectivity index (χ0v) is 14.9. The number of hydrogen-bond acceptors (Lipinski definition) is 5. The highest BCUT2D eigenvalue weighted by atomic mass is 19.4. The van der Waals surface area contributed by atoms with Gasteiger partial charge in [-0.05, 0) is 42.5 Å². The van der Waals surface area contributed by atoms with Crippen LogP contribution >= 0.6 is 0 Å². The minimum absolute atomic E-state index is 0.128. The van der Waals surface area contributed by atoms with Gasteiger partial charge in [0, 0.05) is 37.1 Å². The zero-order chi connectivity index (χ0) is 20.5. The number of alkyl halides is 3. The van der Waals surface area contributed by atoms with E-state index in [1.165, 1.54) is 6.07 Å². The summed E-state index contributed by atoms with van der Waals surface area (Å²) >= 11 is 0. The predicted octanol–water partition coefficient (Wildman–Crippen LogP) is 4.64. The lowest BCUT2D eigenvalue weighted by Crippen LogP contribution is -2.17. The van der Waals surface area contributed by atoms with Gasteiger partial charge in [0.25, 0.3) is 0 Å². The Balaban J connectivity index is 2.09. The number of fused-ring (bicyclic) bond motifs is 1. The van der Waals surface area contributed by atoms with Crippen LogP contribution < -0.4 is 15.0 Å². The van der Waals surface area contributed by atoms with Crippen molar-refractivity contribution in [3.63, 3.8) is 0 Å². The highest BCUT2D eigenvalue weighted by Gasteiger charge is 2.31. The van der Waals surface area contributed by atoms with E-state index in [2.05, 4.69) is 15.0 Å². The van der Waals surface area contributed by atoms with E-state index in [0.717, 1.165) is 24.0 Å². The fourth-order valence-electron chi connectivity index (χ4n) is 2.65. The Hall–Kier alpha value is -3.49. The first-order valence-corrected chi connectivity index (χ1v) is 8.10. The van der Waals surface area contributed by atoms with Gasteiger partial charge in [0.1, 0.15) is 11.3 Å². The van der Waals surface area contributed by atoms with E-state index in [9.17, 15) is 23.1 Å². The topological polar surface area (TPSA) is 74.7 Å². The number of carboxylic acids is 1. The average Bonchev–Trinajstić information content (AvgIpc) is 2.61. The van der Waals surface area contributed by atoms with E-state index in [1.807, 2.05) is 31.1 Å². The second kappa shape index (κ2) is 7.26. The van der Waals surface area contributed by atoms with Crippen LogP contribution in [0.15, 0.2) is 48.7 Å². The molecule has 1 heterocycles. The predicted molar refractivity (Wildman–Crippen MR) is 99.4 cm³/mol. The highest BCUT2D eigenvalue weighted by molar-refractivity contribution is 6.05. The molecule has 0 saturated carbocycles. The van der Waals surface area contributed by atoms with Crippen molar-refractivity contribution in [3.8, 4) is 5.75 Å². The quantitative estimate of drug-likeness (QED) is 0.660. The van der Waals surface area contributed by atoms with Crippen LogP contribution in [0.4, 0.5) is 30.2 Å². The van der Waals surface area contributed by atoms with Crippen LogP contribution in [-0.2, 0) is 0 Å². The molecule has 0 radical (unpaired) electrons. The van der Waals surface area contributed by atoms with E-state index in [1.54, 1.807) is 12.1 Å². The third-order valence-electron chi connectivity index (χ3n) is 3.96. The second-order valence-corrected chi connectivity index (χ2v) is 6.15. The third-order valence-corrected chi connectivity index (χ3v) is 3.96. The molecule has 0 fully saturated rings. The van der Waals surface area contributed by atoms with Crippen LogP contribution in [0.25, 0.3) is 10.9 Å². The SMILES string of the molecule is CN(C)c1ccc(Nc2c(C(=O)O)cnc3ccc(OC(F)(F)F)cc23)cc1. The number of carbonyl (C=O) groups is 1. The Kier molecular flexibility index (Phi) is 5.00. The smallest absolute Gasteiger partial charge is 0.478 e. The van der Waals surface area contributed by atoms with Crippen molar-refractivity contribution in [2.45, 2.75) is 6.36 Å². The molecule has 146 valence electrons. The molecule has 0 aliphatic heterocycles. The van der Waals surface area contributed by atoms with Gasteiger partial charge in [0.2, 0.25) is 0 Å². The molecule has 3 rings (SSSR count). The summed E-state index contributed by atoms with van der Waals surface area (Å²) in [5, 5.41) is 12.6. The summed E-state index contributed by atoms with van der Waals surface area (Å²) in [6.45, 7) is 0. The number of pyridine rings is 1. The Bertz CT molecular complexity index is 1020. The van der Waals surface area contributed by atoms with Crippen molar-refractivity contribution in [2.75, 3.05) is 24.3 Å². The average molecular weight is 391 g/mol. The minimum atomic E-state index is -4.86. The number of hydrogen-bond donors (Lipinski definition) is 2. The Morgan fingerprint density at radius 1 is 1.14 bits per heavy atom. The first-order valence-electron chi connectivity index (χ1n) is 8.10. The number of ether oxygens (including phenoxy) is 1. The number of aromatic nitrogens is 1. The van der Waals surface area contributed by atoms with Crippen molar-refractivity contribution in [1.82, 2.24) is 4.98 Å². The summed E-state index contributed by atoms with van der Waals surface area (Å²) < 4.78 is 41.6. The molecule has 0 amide bonds. The molecule has 0 aliphatic carbocycles. The number of aromatic carboxylic acids is 1. The van der Waals surface area contributed by atoms with Gasteiger partial charge in [-0.3, -0.25) is 4.98 Å². The maximum Gasteiger partial charge on any atom is 0.573 e. The first kappa shape index (κ1) is 19.3. The van der Waals surface area contributed by atoms with Gasteiger partial charge >= 0.3 is 12.3 Å². The zero-order valence-electron chi connectivity index (χ0n) is 14.9. The van der Waals surface area contributed by atoms with Crippen molar-refractivity contribution in [1.29, 1.82) is 0 Å². The van der Waals surface area contributed by atoms with E-state index in [0.29, 0.717) is 11.2 Å². The van der Waals surface area contributed by atoms with Gasteiger partial charge in [-0.2, -0.15) is 0 Å². The van der Waals surface area contributed by atoms with Crippen LogP contribution in [0.1, 0.15) is 10.4 Å². The van der Waals surface area contributed by atoms with E-state index < -0.39 is 18.1 Å². The molecule has 9 heteroatoms. The lowest BCUT2D eigenvalue weighted by Gasteiger charge is -2.16. The van der Waals surface area contributed by atoms with Gasteiger partial charge in [0.15, 0.2) is 0 Å². The van der Waals surface area contributed by atoms with Crippen molar-refractivity contribution >= 4 is 33.9 Å². The fourth-order valence-corrected chi connectivity index (χ4v) is 2.65. The van der Waals surface area contributed by atoms with Gasteiger partial charge in [-0.25, -0.2) is 4.79 Å². The van der Waals surface area contributed by atoms with E-state index >= 15 is 0 Å². The number of nitrogens with one attached hydrogen (secondary N) is 1. The van der Waals surface area contributed by atoms with E-state index in [-0.39, 0.29) is 16.6 Å². The maximum atomic E-state index is 12.5. The number of rotatable bonds is 5. The van der Waals surface area contributed by atoms with Crippen LogP contribution in [-0.4, -0.2) is 36.5 Å². The fraction of sp³-hybridized carbons (Fsp3) is 0.158. The van der Waals surface area contributed by atoms with Crippen LogP contribution in [0.5, 0.6) is 5.75 Å². The van der Waals surface area contributed by atoms with Crippen LogP contribution in [0.3, 0.4) is 0 Å². The summed E-state index contributed by atoms with van der Waals surface area (Å²) in [5.74, 6) is -1.72. The van der Waals surface area contributed by atoms with Gasteiger partial charge in [-0.15, -0.1) is 13.2 Å². The molecule has 0 saturated heterocycles. The summed E-state index contributed by atoms with van der Waals surface area (Å²) in [7, 11) is 3.76. The largest absolute Gasteiger partial charge is 0.573 e. The molecule has 0 atom stereocenters. The van der Waals surface area contributed by atoms with E-state index in [4.69, 9.17) is 0 Å². The molecule has 28 heavy (non-hydrogen) atoms. The molecule has 2 aromatic carbocycles. The number of carboxylic acid groups (broad SMARTS) is 1. The molecule has 1 aromatic heterocycles. The van der Waals surface area contributed by atoms with Crippen molar-refractivity contribution in [2.24, 2.45) is 0 Å². The summed E-state index contributed by atoms with van der Waals surface area (Å²) in [6, 6.07) is 10.7. The van der Waals surface area contributed by atoms with Crippen molar-refractivity contribution in [3.05, 3.63) is 54.2 Å². The Labute approximate surface area is 158 Å². The number of nitrogens with zero attached hydrogens (tertiary/aromatic N) is 2. The minimum Gasteiger partial charge on any atom is -0.478 e. The summed E-state index contributed by atoms with van der Waals surface area (Å²) in [4.78, 5) is 17.5. The molecule has 2 N–H and O–H groups in total. The maximum absolute atomic E-state index is 12.5. The highest BCUT2D eigenvalue weighted by Crippen LogP contribution is 2.33. The lowest BCUT2D eigenvalue weighted by atomic mass is 10.1. The standard InChI is InChI=1S/C19H16F3N3O3/c1-25(2)12-5-3-11(4-6-12)24-17-14-9-13(28-19(20,21)22)7-8-16(14)23-10-15(17)18(26)27/h3-10H,1-2H3,(H,23,24)(H,26,27). The Morgan fingerprint density at radius 3 is 2.39 bits per heavy atom.